The molecule has 0 amide bonds. The maximum Gasteiger partial charge on any atom is 0.338 e. The number of thiazole rings is 1. The van der Waals surface area contributed by atoms with E-state index in [-0.39, 0.29) is 13.2 Å². The first-order valence-electron chi connectivity index (χ1n) is 6.47. The molecular formula is C16H13NO3S. The molecule has 0 atom stereocenters. The molecule has 0 saturated carbocycles. The maximum absolute atomic E-state index is 11.9. The number of hydrogen-bond donors (Lipinski definition) is 1. The van der Waals surface area contributed by atoms with Crippen molar-refractivity contribution < 1.29 is 14.6 Å². The van der Waals surface area contributed by atoms with Gasteiger partial charge in [-0.15, -0.1) is 11.3 Å². The van der Waals surface area contributed by atoms with Crippen molar-refractivity contribution in [1.29, 1.82) is 0 Å². The molecule has 5 heteroatoms. The van der Waals surface area contributed by atoms with E-state index in [1.165, 1.54) is 11.3 Å². The first-order valence-corrected chi connectivity index (χ1v) is 7.29. The summed E-state index contributed by atoms with van der Waals surface area (Å²) in [7, 11) is 0. The number of nitrogens with zero attached hydrogens (tertiary/aromatic N) is 1. The summed E-state index contributed by atoms with van der Waals surface area (Å²) < 4.78 is 6.34. The number of hydrogen-bond acceptors (Lipinski definition) is 5. The van der Waals surface area contributed by atoms with Crippen LogP contribution in [0.5, 0.6) is 0 Å². The fourth-order valence-electron chi connectivity index (χ4n) is 1.94. The molecule has 0 radical (unpaired) electrons. The Bertz CT molecular complexity index is 732. The Hall–Kier alpha value is -2.24. The maximum atomic E-state index is 11.9. The average molecular weight is 299 g/mol. The lowest BCUT2D eigenvalue weighted by Gasteiger charge is -2.03. The molecule has 0 saturated heterocycles. The van der Waals surface area contributed by atoms with E-state index in [9.17, 15) is 4.79 Å². The van der Waals surface area contributed by atoms with Gasteiger partial charge in [-0.2, -0.15) is 0 Å². The second-order valence-corrected chi connectivity index (χ2v) is 5.62. The number of carbonyl (C=O) groups is 1. The van der Waals surface area contributed by atoms with Crippen molar-refractivity contribution >= 4 is 27.5 Å². The zero-order valence-electron chi connectivity index (χ0n) is 11.2. The molecule has 21 heavy (non-hydrogen) atoms. The number of aliphatic hydroxyl groups is 1. The van der Waals surface area contributed by atoms with Gasteiger partial charge in [-0.05, 0) is 29.8 Å². The van der Waals surface area contributed by atoms with Crippen LogP contribution in [0.15, 0.2) is 48.5 Å². The SMILES string of the molecule is O=C(OCc1nc2ccccc2s1)c1ccc(CO)cc1. The number of carbonyl (C=O) groups excluding carboxylic acids is 1. The summed E-state index contributed by atoms with van der Waals surface area (Å²) in [4.78, 5) is 16.3. The van der Waals surface area contributed by atoms with E-state index in [1.807, 2.05) is 24.3 Å². The number of ether oxygens (including phenoxy) is 1. The summed E-state index contributed by atoms with van der Waals surface area (Å²) in [6.07, 6.45) is 0. The van der Waals surface area contributed by atoms with Crippen LogP contribution >= 0.6 is 11.3 Å². The smallest absolute Gasteiger partial charge is 0.338 e. The highest BCUT2D eigenvalue weighted by Crippen LogP contribution is 2.22. The molecule has 0 spiro atoms. The summed E-state index contributed by atoms with van der Waals surface area (Å²) >= 11 is 1.52. The normalized spacial score (nSPS) is 10.7. The molecule has 0 bridgehead atoms. The third-order valence-electron chi connectivity index (χ3n) is 3.04. The van der Waals surface area contributed by atoms with Gasteiger partial charge in [-0.25, -0.2) is 9.78 Å². The fourth-order valence-corrected chi connectivity index (χ4v) is 2.82. The monoisotopic (exact) mass is 299 g/mol. The molecule has 2 aromatic carbocycles. The number of fused-ring (bicyclic) bond motifs is 1. The third kappa shape index (κ3) is 3.09. The van der Waals surface area contributed by atoms with E-state index >= 15 is 0 Å². The molecule has 3 rings (SSSR count). The Kier molecular flexibility index (Phi) is 3.94. The molecule has 3 aromatic rings. The van der Waals surface area contributed by atoms with Crippen LogP contribution < -0.4 is 0 Å². The Morgan fingerprint density at radius 2 is 1.90 bits per heavy atom. The standard InChI is InChI=1S/C16H13NO3S/c18-9-11-5-7-12(8-6-11)16(19)20-10-15-17-13-3-1-2-4-14(13)21-15/h1-8,18H,9-10H2. The van der Waals surface area contributed by atoms with Crippen LogP contribution in [0.3, 0.4) is 0 Å². The summed E-state index contributed by atoms with van der Waals surface area (Å²) in [6.45, 7) is 0.126. The molecule has 0 fully saturated rings. The van der Waals surface area contributed by atoms with Crippen molar-refractivity contribution in [3.05, 3.63) is 64.7 Å². The number of esters is 1. The van der Waals surface area contributed by atoms with E-state index in [2.05, 4.69) is 4.98 Å². The Morgan fingerprint density at radius 1 is 1.14 bits per heavy atom. The van der Waals surface area contributed by atoms with Crippen molar-refractivity contribution in [1.82, 2.24) is 4.98 Å². The lowest BCUT2D eigenvalue weighted by Crippen LogP contribution is -2.05. The highest BCUT2D eigenvalue weighted by Gasteiger charge is 2.09. The van der Waals surface area contributed by atoms with Gasteiger partial charge in [-0.1, -0.05) is 24.3 Å². The average Bonchev–Trinajstić information content (AvgIpc) is 2.95. The fraction of sp³-hybridized carbons (Fsp3) is 0.125. The highest BCUT2D eigenvalue weighted by molar-refractivity contribution is 7.18. The van der Waals surface area contributed by atoms with Crippen LogP contribution in [0, 0.1) is 0 Å². The molecular weight excluding hydrogens is 286 g/mol. The van der Waals surface area contributed by atoms with Crippen LogP contribution in [-0.2, 0) is 18.0 Å². The molecule has 0 aliphatic rings. The Morgan fingerprint density at radius 3 is 2.62 bits per heavy atom. The minimum absolute atomic E-state index is 0.0406. The Labute approximate surface area is 125 Å². The number of aliphatic hydroxyl groups excluding tert-OH is 1. The van der Waals surface area contributed by atoms with Gasteiger partial charge in [0.15, 0.2) is 0 Å². The minimum Gasteiger partial charge on any atom is -0.455 e. The summed E-state index contributed by atoms with van der Waals surface area (Å²) in [5, 5.41) is 9.74. The van der Waals surface area contributed by atoms with Gasteiger partial charge in [0.2, 0.25) is 0 Å². The van der Waals surface area contributed by atoms with Crippen molar-refractivity contribution in [2.24, 2.45) is 0 Å². The van der Waals surface area contributed by atoms with Crippen LogP contribution in [0.1, 0.15) is 20.9 Å². The number of para-hydroxylation sites is 1. The predicted octanol–water partition coefficient (Wildman–Crippen LogP) is 3.15. The third-order valence-corrected chi connectivity index (χ3v) is 4.05. The van der Waals surface area contributed by atoms with Crippen LogP contribution in [0.25, 0.3) is 10.2 Å². The molecule has 4 nitrogen and oxygen atoms in total. The molecule has 0 aliphatic carbocycles. The van der Waals surface area contributed by atoms with E-state index in [0.29, 0.717) is 5.56 Å². The lowest BCUT2D eigenvalue weighted by atomic mass is 10.1. The van der Waals surface area contributed by atoms with Crippen LogP contribution in [0.2, 0.25) is 0 Å². The van der Waals surface area contributed by atoms with Gasteiger partial charge in [-0.3, -0.25) is 0 Å². The van der Waals surface area contributed by atoms with Crippen molar-refractivity contribution in [3.63, 3.8) is 0 Å². The van der Waals surface area contributed by atoms with Crippen molar-refractivity contribution in [2.75, 3.05) is 0 Å². The zero-order chi connectivity index (χ0) is 14.7. The van der Waals surface area contributed by atoms with Gasteiger partial charge < -0.3 is 9.84 Å². The van der Waals surface area contributed by atoms with Gasteiger partial charge in [0.1, 0.15) is 11.6 Å². The van der Waals surface area contributed by atoms with E-state index in [4.69, 9.17) is 9.84 Å². The van der Waals surface area contributed by atoms with Gasteiger partial charge in [0.05, 0.1) is 22.4 Å². The lowest BCUT2D eigenvalue weighted by molar-refractivity contribution is 0.0472. The zero-order valence-corrected chi connectivity index (χ0v) is 12.0. The number of aromatic nitrogens is 1. The van der Waals surface area contributed by atoms with Crippen LogP contribution in [0.4, 0.5) is 0 Å². The summed E-state index contributed by atoms with van der Waals surface area (Å²) in [5.41, 5.74) is 2.15. The molecule has 106 valence electrons. The van der Waals surface area contributed by atoms with Crippen LogP contribution in [-0.4, -0.2) is 16.1 Å². The van der Waals surface area contributed by atoms with Gasteiger partial charge in [0.25, 0.3) is 0 Å². The highest BCUT2D eigenvalue weighted by atomic mass is 32.1. The van der Waals surface area contributed by atoms with E-state index in [0.717, 1.165) is 20.8 Å². The first kappa shape index (κ1) is 13.7. The molecule has 1 heterocycles. The minimum atomic E-state index is -0.390. The molecule has 1 N–H and O–H groups in total. The van der Waals surface area contributed by atoms with Gasteiger partial charge >= 0.3 is 5.97 Å². The second-order valence-electron chi connectivity index (χ2n) is 4.51. The largest absolute Gasteiger partial charge is 0.455 e. The molecule has 0 aliphatic heterocycles. The molecule has 1 aromatic heterocycles. The summed E-state index contributed by atoms with van der Waals surface area (Å²) in [6, 6.07) is 14.5. The summed E-state index contributed by atoms with van der Waals surface area (Å²) in [5.74, 6) is -0.390. The molecule has 0 unspecified atom stereocenters. The number of rotatable bonds is 4. The van der Waals surface area contributed by atoms with Crippen molar-refractivity contribution in [3.8, 4) is 0 Å². The van der Waals surface area contributed by atoms with E-state index in [1.54, 1.807) is 24.3 Å². The number of benzene rings is 2. The van der Waals surface area contributed by atoms with Crippen molar-refractivity contribution in [2.45, 2.75) is 13.2 Å². The second kappa shape index (κ2) is 6.03. The quantitative estimate of drug-likeness (QED) is 0.752. The topological polar surface area (TPSA) is 59.4 Å². The van der Waals surface area contributed by atoms with Gasteiger partial charge in [0, 0.05) is 0 Å². The predicted molar refractivity (Wildman–Crippen MR) is 81.1 cm³/mol. The Balaban J connectivity index is 1.67. The first-order chi connectivity index (χ1) is 10.3. The van der Waals surface area contributed by atoms with E-state index < -0.39 is 5.97 Å².